The quantitative estimate of drug-likeness (QED) is 0.906. The molecule has 0 radical (unpaired) electrons. The summed E-state index contributed by atoms with van der Waals surface area (Å²) in [6, 6.07) is 7.84. The number of carboxylic acids is 1. The van der Waals surface area contributed by atoms with E-state index >= 15 is 0 Å². The van der Waals surface area contributed by atoms with Crippen molar-refractivity contribution in [2.45, 2.75) is 39.0 Å². The maximum atomic E-state index is 11.6. The second-order valence-electron chi connectivity index (χ2n) is 6.11. The molecule has 3 heteroatoms. The summed E-state index contributed by atoms with van der Waals surface area (Å²) in [6.45, 7) is 4.45. The van der Waals surface area contributed by atoms with Crippen molar-refractivity contribution in [1.82, 2.24) is 0 Å². The van der Waals surface area contributed by atoms with E-state index in [2.05, 4.69) is 13.8 Å². The smallest absolute Gasteiger partial charge is 0.307 e. The minimum atomic E-state index is -0.678. The highest BCUT2D eigenvalue weighted by molar-refractivity contribution is 5.72. The number of hydrogen-bond donors (Lipinski definition) is 1. The Morgan fingerprint density at radius 3 is 2.60 bits per heavy atom. The first-order chi connectivity index (χ1) is 9.54. The fraction of sp³-hybridized carbons (Fsp3) is 0.588. The van der Waals surface area contributed by atoms with Gasteiger partial charge in [-0.2, -0.15) is 0 Å². The molecule has 0 amide bonds. The molecule has 0 aromatic heterocycles. The Morgan fingerprint density at radius 1 is 1.30 bits per heavy atom. The van der Waals surface area contributed by atoms with E-state index in [1.165, 1.54) is 0 Å². The first-order valence-electron chi connectivity index (χ1n) is 7.40. The van der Waals surface area contributed by atoms with E-state index in [0.29, 0.717) is 11.8 Å². The van der Waals surface area contributed by atoms with Crippen molar-refractivity contribution in [2.24, 2.45) is 17.8 Å². The van der Waals surface area contributed by atoms with Gasteiger partial charge in [-0.05, 0) is 42.7 Å². The molecule has 1 aliphatic carbocycles. The fourth-order valence-corrected chi connectivity index (χ4v) is 3.42. The number of rotatable bonds is 4. The molecule has 3 nitrogen and oxygen atoms in total. The second kappa shape index (κ2) is 6.29. The standard InChI is InChI=1S/C17H24O3/c1-11(2)12-8-9-14(17(18)19)15(10-12)13-6-4-5-7-16(13)20-3/h4-7,11-12,14-15H,8-10H2,1-3H3,(H,18,19). The highest BCUT2D eigenvalue weighted by Crippen LogP contribution is 2.45. The van der Waals surface area contributed by atoms with Gasteiger partial charge in [0.05, 0.1) is 13.0 Å². The average molecular weight is 276 g/mol. The van der Waals surface area contributed by atoms with E-state index in [4.69, 9.17) is 4.74 Å². The van der Waals surface area contributed by atoms with Crippen LogP contribution in [0.2, 0.25) is 0 Å². The maximum Gasteiger partial charge on any atom is 0.307 e. The number of benzene rings is 1. The van der Waals surface area contributed by atoms with Crippen LogP contribution in [0.3, 0.4) is 0 Å². The van der Waals surface area contributed by atoms with Crippen molar-refractivity contribution in [3.8, 4) is 5.75 Å². The monoisotopic (exact) mass is 276 g/mol. The summed E-state index contributed by atoms with van der Waals surface area (Å²) in [7, 11) is 1.65. The van der Waals surface area contributed by atoms with Crippen LogP contribution in [0.1, 0.15) is 44.6 Å². The van der Waals surface area contributed by atoms with Gasteiger partial charge in [-0.3, -0.25) is 4.79 Å². The predicted molar refractivity (Wildman–Crippen MR) is 79.0 cm³/mol. The zero-order chi connectivity index (χ0) is 14.7. The van der Waals surface area contributed by atoms with Crippen LogP contribution in [0.15, 0.2) is 24.3 Å². The molecule has 1 saturated carbocycles. The van der Waals surface area contributed by atoms with Crippen LogP contribution in [0.5, 0.6) is 5.75 Å². The number of aliphatic carboxylic acids is 1. The summed E-state index contributed by atoms with van der Waals surface area (Å²) in [6.07, 6.45) is 2.72. The lowest BCUT2D eigenvalue weighted by molar-refractivity contribution is -0.144. The van der Waals surface area contributed by atoms with Crippen molar-refractivity contribution in [1.29, 1.82) is 0 Å². The van der Waals surface area contributed by atoms with Gasteiger partial charge in [0.25, 0.3) is 0 Å². The van der Waals surface area contributed by atoms with Crippen molar-refractivity contribution >= 4 is 5.97 Å². The molecule has 0 spiro atoms. The third-order valence-corrected chi connectivity index (χ3v) is 4.69. The Kier molecular flexibility index (Phi) is 4.69. The van der Waals surface area contributed by atoms with Gasteiger partial charge in [-0.1, -0.05) is 32.0 Å². The Labute approximate surface area is 121 Å². The molecular formula is C17H24O3. The van der Waals surface area contributed by atoms with Crippen LogP contribution in [0.4, 0.5) is 0 Å². The number of para-hydroxylation sites is 1. The molecule has 1 aliphatic rings. The molecule has 1 aromatic carbocycles. The number of ether oxygens (including phenoxy) is 1. The van der Waals surface area contributed by atoms with Gasteiger partial charge in [0.1, 0.15) is 5.75 Å². The molecule has 0 bridgehead atoms. The van der Waals surface area contributed by atoms with Gasteiger partial charge in [0.2, 0.25) is 0 Å². The summed E-state index contributed by atoms with van der Waals surface area (Å²) < 4.78 is 5.43. The zero-order valence-electron chi connectivity index (χ0n) is 12.5. The predicted octanol–water partition coefficient (Wildman–Crippen LogP) is 3.94. The minimum absolute atomic E-state index is 0.0600. The molecule has 20 heavy (non-hydrogen) atoms. The van der Waals surface area contributed by atoms with E-state index in [1.807, 2.05) is 24.3 Å². The lowest BCUT2D eigenvalue weighted by Crippen LogP contribution is -2.31. The molecule has 1 N–H and O–H groups in total. The van der Waals surface area contributed by atoms with Crippen LogP contribution in [0.25, 0.3) is 0 Å². The number of methoxy groups -OCH3 is 1. The van der Waals surface area contributed by atoms with Crippen LogP contribution >= 0.6 is 0 Å². The van der Waals surface area contributed by atoms with Crippen molar-refractivity contribution in [2.75, 3.05) is 7.11 Å². The Hall–Kier alpha value is -1.51. The molecule has 1 aromatic rings. The molecule has 110 valence electrons. The molecule has 3 unspecified atom stereocenters. The molecule has 0 aliphatic heterocycles. The SMILES string of the molecule is COc1ccccc1C1CC(C(C)C)CCC1C(=O)O. The molecule has 0 saturated heterocycles. The number of hydrogen-bond acceptors (Lipinski definition) is 2. The van der Waals surface area contributed by atoms with E-state index in [1.54, 1.807) is 7.11 Å². The van der Waals surface area contributed by atoms with Gasteiger partial charge in [0.15, 0.2) is 0 Å². The number of carboxylic acid groups (broad SMARTS) is 1. The lowest BCUT2D eigenvalue weighted by Gasteiger charge is -2.36. The fourth-order valence-electron chi connectivity index (χ4n) is 3.42. The van der Waals surface area contributed by atoms with Crippen LogP contribution in [0, 0.1) is 17.8 Å². The third-order valence-electron chi connectivity index (χ3n) is 4.69. The molecule has 0 heterocycles. The van der Waals surface area contributed by atoms with E-state index in [-0.39, 0.29) is 11.8 Å². The van der Waals surface area contributed by atoms with Gasteiger partial charge in [-0.25, -0.2) is 0 Å². The van der Waals surface area contributed by atoms with Crippen molar-refractivity contribution < 1.29 is 14.6 Å². The van der Waals surface area contributed by atoms with E-state index in [9.17, 15) is 9.90 Å². The summed E-state index contributed by atoms with van der Waals surface area (Å²) in [5.41, 5.74) is 1.05. The van der Waals surface area contributed by atoms with Gasteiger partial charge in [0, 0.05) is 5.92 Å². The zero-order valence-corrected chi connectivity index (χ0v) is 12.5. The average Bonchev–Trinajstić information content (AvgIpc) is 2.46. The maximum absolute atomic E-state index is 11.6. The topological polar surface area (TPSA) is 46.5 Å². The first kappa shape index (κ1) is 14.9. The van der Waals surface area contributed by atoms with Crippen LogP contribution in [-0.2, 0) is 4.79 Å². The van der Waals surface area contributed by atoms with Crippen LogP contribution < -0.4 is 4.74 Å². The van der Waals surface area contributed by atoms with Gasteiger partial charge >= 0.3 is 5.97 Å². The minimum Gasteiger partial charge on any atom is -0.496 e. The highest BCUT2D eigenvalue weighted by Gasteiger charge is 2.37. The van der Waals surface area contributed by atoms with Gasteiger partial charge < -0.3 is 9.84 Å². The lowest BCUT2D eigenvalue weighted by atomic mass is 9.68. The summed E-state index contributed by atoms with van der Waals surface area (Å²) in [5.74, 6) is 1.10. The second-order valence-corrected chi connectivity index (χ2v) is 6.11. The molecule has 3 atom stereocenters. The Balaban J connectivity index is 2.34. The van der Waals surface area contributed by atoms with Crippen LogP contribution in [-0.4, -0.2) is 18.2 Å². The van der Waals surface area contributed by atoms with Gasteiger partial charge in [-0.15, -0.1) is 0 Å². The Morgan fingerprint density at radius 2 is 2.00 bits per heavy atom. The summed E-state index contributed by atoms with van der Waals surface area (Å²) in [5, 5.41) is 9.52. The Bertz CT molecular complexity index is 467. The van der Waals surface area contributed by atoms with E-state index in [0.717, 1.165) is 30.6 Å². The summed E-state index contributed by atoms with van der Waals surface area (Å²) in [4.78, 5) is 11.6. The largest absolute Gasteiger partial charge is 0.496 e. The summed E-state index contributed by atoms with van der Waals surface area (Å²) >= 11 is 0. The highest BCUT2D eigenvalue weighted by atomic mass is 16.5. The van der Waals surface area contributed by atoms with Crippen molar-refractivity contribution in [3.63, 3.8) is 0 Å². The van der Waals surface area contributed by atoms with Crippen molar-refractivity contribution in [3.05, 3.63) is 29.8 Å². The van der Waals surface area contributed by atoms with E-state index < -0.39 is 5.97 Å². The molecule has 2 rings (SSSR count). The number of carbonyl (C=O) groups is 1. The normalized spacial score (nSPS) is 26.5. The third kappa shape index (κ3) is 2.97. The molecule has 1 fully saturated rings. The molecular weight excluding hydrogens is 252 g/mol. The first-order valence-corrected chi connectivity index (χ1v) is 7.40.